The molecule has 1 aromatic carbocycles. The highest BCUT2D eigenvalue weighted by Crippen LogP contribution is 2.18. The molecule has 0 aliphatic heterocycles. The number of rotatable bonds is 11. The predicted octanol–water partition coefficient (Wildman–Crippen LogP) is 4.28. The number of ether oxygens (including phenoxy) is 3. The number of hydrogen-bond donors (Lipinski definition) is 0. The molecule has 140 valence electrons. The van der Waals surface area contributed by atoms with Gasteiger partial charge in [0.05, 0.1) is 7.11 Å². The van der Waals surface area contributed by atoms with Crippen LogP contribution in [0.2, 0.25) is 0 Å². The summed E-state index contributed by atoms with van der Waals surface area (Å²) in [5.74, 6) is 0.418. The topological polar surface area (TPSA) is 61.8 Å². The normalized spacial score (nSPS) is 11.9. The number of methoxy groups -OCH3 is 1. The minimum absolute atomic E-state index is 0.0463. The molecule has 1 rings (SSSR count). The summed E-state index contributed by atoms with van der Waals surface area (Å²) in [5.41, 5.74) is 0.817. The molecule has 0 aromatic heterocycles. The first-order valence-corrected chi connectivity index (χ1v) is 8.94. The van der Waals surface area contributed by atoms with Gasteiger partial charge in [-0.15, -0.1) is 0 Å². The molecule has 1 atom stereocenters. The molecule has 1 aromatic rings. The molecular formula is C20H30O5. The van der Waals surface area contributed by atoms with Crippen molar-refractivity contribution in [2.24, 2.45) is 5.92 Å². The molecule has 0 bridgehead atoms. The van der Waals surface area contributed by atoms with Gasteiger partial charge in [-0.05, 0) is 24.8 Å². The highest BCUT2D eigenvalue weighted by molar-refractivity contribution is 5.72. The lowest BCUT2D eigenvalue weighted by molar-refractivity contribution is -0.152. The summed E-state index contributed by atoms with van der Waals surface area (Å²) in [4.78, 5) is 23.7. The summed E-state index contributed by atoms with van der Waals surface area (Å²) >= 11 is 0. The van der Waals surface area contributed by atoms with Crippen LogP contribution in [0.5, 0.6) is 5.75 Å². The SMILES string of the molecule is CCCC(OC(=O)CCCC(=O)OCc1ccccc1OC)C(C)C. The monoisotopic (exact) mass is 350 g/mol. The molecule has 0 heterocycles. The average molecular weight is 350 g/mol. The van der Waals surface area contributed by atoms with E-state index in [1.54, 1.807) is 7.11 Å². The fourth-order valence-corrected chi connectivity index (χ4v) is 2.47. The summed E-state index contributed by atoms with van der Waals surface area (Å²) in [6.07, 6.45) is 2.66. The van der Waals surface area contributed by atoms with Crippen molar-refractivity contribution in [3.8, 4) is 5.75 Å². The highest BCUT2D eigenvalue weighted by atomic mass is 16.5. The van der Waals surface area contributed by atoms with Gasteiger partial charge in [-0.1, -0.05) is 45.4 Å². The Balaban J connectivity index is 2.29. The van der Waals surface area contributed by atoms with Crippen LogP contribution >= 0.6 is 0 Å². The van der Waals surface area contributed by atoms with E-state index >= 15 is 0 Å². The Hall–Kier alpha value is -2.04. The molecule has 0 aliphatic rings. The lowest BCUT2D eigenvalue weighted by Gasteiger charge is -2.20. The summed E-state index contributed by atoms with van der Waals surface area (Å²) in [7, 11) is 1.58. The van der Waals surface area contributed by atoms with Crippen molar-refractivity contribution in [3.63, 3.8) is 0 Å². The number of carbonyl (C=O) groups is 2. The second kappa shape index (κ2) is 11.5. The van der Waals surface area contributed by atoms with Crippen molar-refractivity contribution in [1.29, 1.82) is 0 Å². The van der Waals surface area contributed by atoms with Gasteiger partial charge in [0.1, 0.15) is 18.5 Å². The van der Waals surface area contributed by atoms with E-state index in [-0.39, 0.29) is 37.5 Å². The van der Waals surface area contributed by atoms with Gasteiger partial charge in [0.15, 0.2) is 0 Å². The summed E-state index contributed by atoms with van der Waals surface area (Å²) in [6.45, 7) is 6.33. The maximum absolute atomic E-state index is 11.9. The van der Waals surface area contributed by atoms with E-state index in [1.807, 2.05) is 38.1 Å². The molecule has 1 unspecified atom stereocenters. The van der Waals surface area contributed by atoms with Crippen LogP contribution in [0.4, 0.5) is 0 Å². The van der Waals surface area contributed by atoms with E-state index in [4.69, 9.17) is 14.2 Å². The van der Waals surface area contributed by atoms with Crippen LogP contribution < -0.4 is 4.74 Å². The van der Waals surface area contributed by atoms with Crippen molar-refractivity contribution in [3.05, 3.63) is 29.8 Å². The van der Waals surface area contributed by atoms with Gasteiger partial charge in [0.2, 0.25) is 0 Å². The van der Waals surface area contributed by atoms with Crippen LogP contribution in [0.3, 0.4) is 0 Å². The lowest BCUT2D eigenvalue weighted by Crippen LogP contribution is -2.23. The molecule has 0 fully saturated rings. The molecule has 0 saturated carbocycles. The summed E-state index contributed by atoms with van der Waals surface area (Å²) in [5, 5.41) is 0. The molecule has 5 heteroatoms. The number of benzene rings is 1. The minimum atomic E-state index is -0.326. The Morgan fingerprint density at radius 1 is 1.08 bits per heavy atom. The van der Waals surface area contributed by atoms with Crippen molar-refractivity contribution in [1.82, 2.24) is 0 Å². The molecule has 0 spiro atoms. The maximum atomic E-state index is 11.9. The Morgan fingerprint density at radius 2 is 1.76 bits per heavy atom. The Bertz CT molecular complexity index is 539. The molecule has 0 aliphatic carbocycles. The van der Waals surface area contributed by atoms with Crippen LogP contribution in [0.15, 0.2) is 24.3 Å². The van der Waals surface area contributed by atoms with Crippen LogP contribution in [-0.2, 0) is 25.7 Å². The summed E-state index contributed by atoms with van der Waals surface area (Å²) in [6, 6.07) is 7.39. The van der Waals surface area contributed by atoms with Crippen LogP contribution in [0, 0.1) is 5.92 Å². The third-order valence-electron chi connectivity index (χ3n) is 3.94. The van der Waals surface area contributed by atoms with Crippen molar-refractivity contribution >= 4 is 11.9 Å². The smallest absolute Gasteiger partial charge is 0.306 e. The van der Waals surface area contributed by atoms with Crippen molar-refractivity contribution < 1.29 is 23.8 Å². The van der Waals surface area contributed by atoms with Gasteiger partial charge in [-0.3, -0.25) is 9.59 Å². The van der Waals surface area contributed by atoms with Gasteiger partial charge in [0, 0.05) is 18.4 Å². The molecule has 0 saturated heterocycles. The Labute approximate surface area is 150 Å². The fraction of sp³-hybridized carbons (Fsp3) is 0.600. The van der Waals surface area contributed by atoms with E-state index in [2.05, 4.69) is 6.92 Å². The van der Waals surface area contributed by atoms with E-state index in [1.165, 1.54) is 0 Å². The van der Waals surface area contributed by atoms with Gasteiger partial charge in [-0.2, -0.15) is 0 Å². The first-order chi connectivity index (χ1) is 12.0. The van der Waals surface area contributed by atoms with E-state index < -0.39 is 0 Å². The number of para-hydroxylation sites is 1. The fourth-order valence-electron chi connectivity index (χ4n) is 2.47. The number of esters is 2. The second-order valence-corrected chi connectivity index (χ2v) is 6.39. The Kier molecular flexibility index (Phi) is 9.66. The van der Waals surface area contributed by atoms with E-state index in [0.717, 1.165) is 18.4 Å². The maximum Gasteiger partial charge on any atom is 0.306 e. The zero-order valence-electron chi connectivity index (χ0n) is 15.7. The van der Waals surface area contributed by atoms with E-state index in [9.17, 15) is 9.59 Å². The quantitative estimate of drug-likeness (QED) is 0.558. The average Bonchev–Trinajstić information content (AvgIpc) is 2.59. The zero-order chi connectivity index (χ0) is 18.7. The zero-order valence-corrected chi connectivity index (χ0v) is 15.7. The standard InChI is InChI=1S/C20H30O5/c1-5-9-17(15(2)3)25-20(22)13-8-12-19(21)24-14-16-10-6-7-11-18(16)23-4/h6-7,10-11,15,17H,5,8-9,12-14H2,1-4H3. The Morgan fingerprint density at radius 3 is 2.40 bits per heavy atom. The van der Waals surface area contributed by atoms with Gasteiger partial charge >= 0.3 is 11.9 Å². The first kappa shape index (κ1) is 21.0. The molecule has 0 N–H and O–H groups in total. The molecular weight excluding hydrogens is 320 g/mol. The van der Waals surface area contributed by atoms with Gasteiger partial charge < -0.3 is 14.2 Å². The second-order valence-electron chi connectivity index (χ2n) is 6.39. The van der Waals surface area contributed by atoms with Crippen LogP contribution in [0.1, 0.15) is 58.4 Å². The minimum Gasteiger partial charge on any atom is -0.496 e. The van der Waals surface area contributed by atoms with Crippen molar-refractivity contribution in [2.45, 2.75) is 65.6 Å². The third-order valence-corrected chi connectivity index (χ3v) is 3.94. The molecule has 25 heavy (non-hydrogen) atoms. The summed E-state index contributed by atoms with van der Waals surface area (Å²) < 4.78 is 15.9. The van der Waals surface area contributed by atoms with Gasteiger partial charge in [-0.25, -0.2) is 0 Å². The number of hydrogen-bond acceptors (Lipinski definition) is 5. The predicted molar refractivity (Wildman–Crippen MR) is 96.3 cm³/mol. The van der Waals surface area contributed by atoms with E-state index in [0.29, 0.717) is 18.1 Å². The largest absolute Gasteiger partial charge is 0.496 e. The van der Waals surface area contributed by atoms with Crippen molar-refractivity contribution in [2.75, 3.05) is 7.11 Å². The highest BCUT2D eigenvalue weighted by Gasteiger charge is 2.17. The first-order valence-electron chi connectivity index (χ1n) is 8.94. The lowest BCUT2D eigenvalue weighted by atomic mass is 10.0. The molecule has 0 radical (unpaired) electrons. The molecule has 5 nitrogen and oxygen atoms in total. The van der Waals surface area contributed by atoms with Gasteiger partial charge in [0.25, 0.3) is 0 Å². The number of carbonyl (C=O) groups excluding carboxylic acids is 2. The molecule has 0 amide bonds. The van der Waals surface area contributed by atoms with Crippen LogP contribution in [0.25, 0.3) is 0 Å². The van der Waals surface area contributed by atoms with Crippen LogP contribution in [-0.4, -0.2) is 25.2 Å². The third kappa shape index (κ3) is 8.05.